The Bertz CT molecular complexity index is 629. The summed E-state index contributed by atoms with van der Waals surface area (Å²) in [6.07, 6.45) is 5.00. The monoisotopic (exact) mass is 374 g/mol. The molecule has 1 saturated carbocycles. The lowest BCUT2D eigenvalue weighted by atomic mass is 9.62. The fourth-order valence-corrected chi connectivity index (χ4v) is 5.57. The summed E-state index contributed by atoms with van der Waals surface area (Å²) in [5.41, 5.74) is 2.34. The van der Waals surface area contributed by atoms with Crippen LogP contribution >= 0.6 is 0 Å². The van der Waals surface area contributed by atoms with Crippen molar-refractivity contribution in [3.05, 3.63) is 17.5 Å². The summed E-state index contributed by atoms with van der Waals surface area (Å²) in [6, 6.07) is 2.77. The van der Waals surface area contributed by atoms with Crippen molar-refractivity contribution in [3.8, 4) is 0 Å². The second-order valence-electron chi connectivity index (χ2n) is 8.73. The van der Waals surface area contributed by atoms with Gasteiger partial charge in [-0.25, -0.2) is 9.97 Å². The van der Waals surface area contributed by atoms with E-state index in [0.29, 0.717) is 6.04 Å². The molecule has 0 bridgehead atoms. The molecule has 3 atom stereocenters. The van der Waals surface area contributed by atoms with Gasteiger partial charge in [0, 0.05) is 56.1 Å². The second kappa shape index (κ2) is 8.02. The third-order valence-electron chi connectivity index (χ3n) is 6.90. The Morgan fingerprint density at radius 3 is 2.59 bits per heavy atom. The van der Waals surface area contributed by atoms with Crippen molar-refractivity contribution in [1.29, 1.82) is 0 Å². The summed E-state index contributed by atoms with van der Waals surface area (Å²) in [5.74, 6) is 1.62. The number of hydrogen-bond acceptors (Lipinski definition) is 6. The molecular formula is C21H34N4O2. The van der Waals surface area contributed by atoms with Crippen LogP contribution in [0.5, 0.6) is 0 Å². The Morgan fingerprint density at radius 1 is 1.15 bits per heavy atom. The maximum atomic E-state index is 5.75. The molecule has 0 radical (unpaired) electrons. The minimum absolute atomic E-state index is 0.233. The summed E-state index contributed by atoms with van der Waals surface area (Å²) in [5, 5.41) is 0. The van der Waals surface area contributed by atoms with Crippen LogP contribution in [0.25, 0.3) is 0 Å². The number of morpholine rings is 1. The number of aromatic nitrogens is 2. The van der Waals surface area contributed by atoms with Crippen LogP contribution in [0.2, 0.25) is 0 Å². The van der Waals surface area contributed by atoms with Crippen LogP contribution in [0.15, 0.2) is 6.07 Å². The van der Waals surface area contributed by atoms with E-state index < -0.39 is 0 Å². The fraction of sp³-hybridized carbons (Fsp3) is 0.810. The number of methoxy groups -OCH3 is 1. The Kier molecular flexibility index (Phi) is 5.67. The molecule has 3 fully saturated rings. The number of piperidine rings is 1. The largest absolute Gasteiger partial charge is 0.384 e. The highest BCUT2D eigenvalue weighted by molar-refractivity contribution is 5.34. The van der Waals surface area contributed by atoms with Crippen molar-refractivity contribution in [1.82, 2.24) is 14.9 Å². The van der Waals surface area contributed by atoms with Gasteiger partial charge >= 0.3 is 0 Å². The van der Waals surface area contributed by atoms with Crippen LogP contribution in [-0.4, -0.2) is 74.0 Å². The molecule has 2 aliphatic heterocycles. The van der Waals surface area contributed by atoms with Crippen molar-refractivity contribution in [2.75, 3.05) is 58.0 Å². The smallest absolute Gasteiger partial charge is 0.225 e. The molecule has 0 amide bonds. The van der Waals surface area contributed by atoms with Gasteiger partial charge in [-0.1, -0.05) is 0 Å². The number of ether oxygens (including phenoxy) is 2. The van der Waals surface area contributed by atoms with Gasteiger partial charge in [-0.15, -0.1) is 0 Å². The summed E-state index contributed by atoms with van der Waals surface area (Å²) in [4.78, 5) is 14.5. The lowest BCUT2D eigenvalue weighted by Crippen LogP contribution is -2.57. The van der Waals surface area contributed by atoms with Gasteiger partial charge in [0.25, 0.3) is 0 Å². The van der Waals surface area contributed by atoms with E-state index in [9.17, 15) is 0 Å². The Hall–Kier alpha value is -1.24. The van der Waals surface area contributed by atoms with E-state index >= 15 is 0 Å². The van der Waals surface area contributed by atoms with Gasteiger partial charge in [0.1, 0.15) is 0 Å². The first-order valence-electron chi connectivity index (χ1n) is 10.5. The zero-order valence-corrected chi connectivity index (χ0v) is 17.1. The summed E-state index contributed by atoms with van der Waals surface area (Å²) in [7, 11) is 1.85. The molecule has 2 saturated heterocycles. The summed E-state index contributed by atoms with van der Waals surface area (Å²) in [6.45, 7) is 11.0. The number of aryl methyl sites for hydroxylation is 2. The minimum Gasteiger partial charge on any atom is -0.384 e. The molecule has 4 rings (SSSR count). The number of hydrogen-bond donors (Lipinski definition) is 0. The quantitative estimate of drug-likeness (QED) is 0.807. The van der Waals surface area contributed by atoms with Crippen LogP contribution in [0.4, 0.5) is 5.95 Å². The standard InChI is InChI=1S/C21H34N4O2/c1-16-12-17(2)23-20(22-16)25-7-5-18-13-19(24-8-10-27-11-9-24)4-6-21(18,14-25)15-26-3/h12,18-19H,4-11,13-15H2,1-3H3/t18-,19-,21+/m1/s1. The zero-order valence-electron chi connectivity index (χ0n) is 17.1. The van der Waals surface area contributed by atoms with Gasteiger partial charge in [0.05, 0.1) is 19.8 Å². The molecular weight excluding hydrogens is 340 g/mol. The average Bonchev–Trinajstić information content (AvgIpc) is 2.67. The highest BCUT2D eigenvalue weighted by Gasteiger charge is 2.48. The molecule has 0 N–H and O–H groups in total. The molecule has 1 aromatic rings. The maximum Gasteiger partial charge on any atom is 0.225 e. The lowest BCUT2D eigenvalue weighted by Gasteiger charge is -2.54. The van der Waals surface area contributed by atoms with Crippen molar-refractivity contribution in [3.63, 3.8) is 0 Å². The van der Waals surface area contributed by atoms with Crippen LogP contribution in [0, 0.1) is 25.2 Å². The number of fused-ring (bicyclic) bond motifs is 1. The Labute approximate surface area is 163 Å². The number of rotatable bonds is 4. The predicted octanol–water partition coefficient (Wildman–Crippen LogP) is 2.44. The molecule has 6 nitrogen and oxygen atoms in total. The van der Waals surface area contributed by atoms with Crippen molar-refractivity contribution >= 4 is 5.95 Å². The second-order valence-corrected chi connectivity index (χ2v) is 8.73. The maximum absolute atomic E-state index is 5.75. The first kappa shape index (κ1) is 19.1. The minimum atomic E-state index is 0.233. The van der Waals surface area contributed by atoms with Crippen LogP contribution < -0.4 is 4.90 Å². The fourth-order valence-electron chi connectivity index (χ4n) is 5.57. The molecule has 0 unspecified atom stereocenters. The van der Waals surface area contributed by atoms with E-state index in [1.807, 2.05) is 7.11 Å². The third kappa shape index (κ3) is 3.98. The van der Waals surface area contributed by atoms with E-state index in [1.165, 1.54) is 25.7 Å². The van der Waals surface area contributed by atoms with E-state index in [2.05, 4.69) is 29.7 Å². The summed E-state index contributed by atoms with van der Waals surface area (Å²) >= 11 is 0. The third-order valence-corrected chi connectivity index (χ3v) is 6.90. The molecule has 150 valence electrons. The van der Waals surface area contributed by atoms with E-state index in [4.69, 9.17) is 19.4 Å². The van der Waals surface area contributed by atoms with Gasteiger partial charge < -0.3 is 14.4 Å². The first-order chi connectivity index (χ1) is 13.1. The van der Waals surface area contributed by atoms with Gasteiger partial charge in [-0.05, 0) is 51.5 Å². The molecule has 1 aromatic heterocycles. The molecule has 1 aliphatic carbocycles. The number of anilines is 1. The van der Waals surface area contributed by atoms with Crippen molar-refractivity contribution in [2.45, 2.75) is 45.6 Å². The van der Waals surface area contributed by atoms with E-state index in [1.54, 1.807) is 0 Å². The predicted molar refractivity (Wildman–Crippen MR) is 106 cm³/mol. The zero-order chi connectivity index (χ0) is 18.9. The van der Waals surface area contributed by atoms with E-state index in [0.717, 1.165) is 69.3 Å². The van der Waals surface area contributed by atoms with Gasteiger partial charge in [-0.3, -0.25) is 4.90 Å². The molecule has 6 heteroatoms. The highest BCUT2D eigenvalue weighted by atomic mass is 16.5. The topological polar surface area (TPSA) is 50.7 Å². The lowest BCUT2D eigenvalue weighted by molar-refractivity contribution is -0.0541. The molecule has 3 aliphatic rings. The van der Waals surface area contributed by atoms with Gasteiger partial charge in [-0.2, -0.15) is 0 Å². The van der Waals surface area contributed by atoms with Crippen LogP contribution in [0.1, 0.15) is 37.1 Å². The molecule has 3 heterocycles. The number of nitrogens with zero attached hydrogens (tertiary/aromatic N) is 4. The normalized spacial score (nSPS) is 32.3. The highest BCUT2D eigenvalue weighted by Crippen LogP contribution is 2.48. The van der Waals surface area contributed by atoms with Gasteiger partial charge in [0.15, 0.2) is 0 Å². The molecule has 0 spiro atoms. The van der Waals surface area contributed by atoms with Crippen molar-refractivity contribution < 1.29 is 9.47 Å². The molecule has 0 aromatic carbocycles. The Balaban J connectivity index is 1.50. The Morgan fingerprint density at radius 2 is 1.89 bits per heavy atom. The molecule has 27 heavy (non-hydrogen) atoms. The van der Waals surface area contributed by atoms with E-state index in [-0.39, 0.29) is 5.41 Å². The first-order valence-corrected chi connectivity index (χ1v) is 10.5. The van der Waals surface area contributed by atoms with Crippen LogP contribution in [-0.2, 0) is 9.47 Å². The average molecular weight is 375 g/mol. The van der Waals surface area contributed by atoms with Crippen molar-refractivity contribution in [2.24, 2.45) is 11.3 Å². The summed E-state index contributed by atoms with van der Waals surface area (Å²) < 4.78 is 11.3. The van der Waals surface area contributed by atoms with Crippen LogP contribution in [0.3, 0.4) is 0 Å². The van der Waals surface area contributed by atoms with Gasteiger partial charge in [0.2, 0.25) is 5.95 Å². The SMILES string of the molecule is COC[C@@]12CC[C@@H](N3CCOCC3)C[C@H]1CCN(c1nc(C)cc(C)n1)C2.